The summed E-state index contributed by atoms with van der Waals surface area (Å²) in [6, 6.07) is 16.2. The summed E-state index contributed by atoms with van der Waals surface area (Å²) < 4.78 is 10.2. The molecule has 32 heavy (non-hydrogen) atoms. The zero-order valence-electron chi connectivity index (χ0n) is 16.1. The zero-order chi connectivity index (χ0) is 23.1. The van der Waals surface area contributed by atoms with Crippen LogP contribution < -0.4 is 20.1 Å². The highest BCUT2D eigenvalue weighted by Gasteiger charge is 2.12. The average Bonchev–Trinajstić information content (AvgIpc) is 2.74. The van der Waals surface area contributed by atoms with E-state index in [-0.39, 0.29) is 34.2 Å². The number of hydrogen-bond acceptors (Lipinski definition) is 8. The number of nitro benzene ring substituents is 2. The van der Waals surface area contributed by atoms with Gasteiger partial charge in [-0.05, 0) is 24.3 Å². The van der Waals surface area contributed by atoms with Crippen LogP contribution in [0.3, 0.4) is 0 Å². The van der Waals surface area contributed by atoms with E-state index in [0.29, 0.717) is 0 Å². The van der Waals surface area contributed by atoms with Gasteiger partial charge in [0.2, 0.25) is 0 Å². The van der Waals surface area contributed by atoms with Gasteiger partial charge >= 0.3 is 12.2 Å². The van der Waals surface area contributed by atoms with Crippen molar-refractivity contribution in [3.05, 3.63) is 93.0 Å². The smallest absolute Gasteiger partial charge is 0.410 e. The maximum Gasteiger partial charge on any atom is 0.417 e. The quantitative estimate of drug-likeness (QED) is 0.412. The lowest BCUT2D eigenvalue weighted by molar-refractivity contribution is -0.385. The van der Waals surface area contributed by atoms with E-state index in [2.05, 4.69) is 10.6 Å². The Bertz CT molecular complexity index is 1110. The number of non-ortho nitro benzene ring substituents is 2. The molecule has 0 radical (unpaired) electrons. The number of carbonyl (C=O) groups excluding carboxylic acids is 2. The summed E-state index contributed by atoms with van der Waals surface area (Å²) in [6.07, 6.45) is -1.83. The Morgan fingerprint density at radius 3 is 1.47 bits per heavy atom. The van der Waals surface area contributed by atoms with Crippen molar-refractivity contribution in [1.82, 2.24) is 0 Å². The van der Waals surface area contributed by atoms with Crippen molar-refractivity contribution in [3.8, 4) is 11.5 Å². The Morgan fingerprint density at radius 1 is 0.656 bits per heavy atom. The van der Waals surface area contributed by atoms with Crippen LogP contribution in [0.1, 0.15) is 0 Å². The van der Waals surface area contributed by atoms with Crippen molar-refractivity contribution in [2.45, 2.75) is 0 Å². The van der Waals surface area contributed by atoms with Crippen LogP contribution in [-0.4, -0.2) is 22.0 Å². The molecule has 12 heteroatoms. The van der Waals surface area contributed by atoms with Crippen molar-refractivity contribution < 1.29 is 28.9 Å². The molecule has 3 aromatic rings. The predicted octanol–water partition coefficient (Wildman–Crippen LogP) is 4.72. The number of anilines is 2. The number of rotatable bonds is 6. The maximum absolute atomic E-state index is 12.0. The minimum atomic E-state index is -0.913. The van der Waals surface area contributed by atoms with Gasteiger partial charge in [-0.2, -0.15) is 0 Å². The molecule has 0 spiro atoms. The first-order chi connectivity index (χ1) is 15.3. The second kappa shape index (κ2) is 9.67. The first-order valence-corrected chi connectivity index (χ1v) is 8.87. The van der Waals surface area contributed by atoms with Crippen molar-refractivity contribution in [1.29, 1.82) is 0 Å². The minimum absolute atomic E-state index is 0.0357. The molecule has 0 aliphatic rings. The van der Waals surface area contributed by atoms with Crippen molar-refractivity contribution in [3.63, 3.8) is 0 Å². The first-order valence-electron chi connectivity index (χ1n) is 8.87. The Labute approximate surface area is 179 Å². The van der Waals surface area contributed by atoms with Gasteiger partial charge in [-0.1, -0.05) is 18.2 Å². The molecule has 0 unspecified atom stereocenters. The van der Waals surface area contributed by atoms with Crippen molar-refractivity contribution >= 4 is 34.9 Å². The number of benzene rings is 3. The molecule has 0 bridgehead atoms. The fourth-order valence-corrected chi connectivity index (χ4v) is 2.50. The minimum Gasteiger partial charge on any atom is -0.410 e. The molecular formula is C20H14N4O8. The number of carbonyl (C=O) groups is 2. The van der Waals surface area contributed by atoms with Crippen molar-refractivity contribution in [2.75, 3.05) is 10.6 Å². The lowest BCUT2D eigenvalue weighted by Crippen LogP contribution is -2.18. The van der Waals surface area contributed by atoms with Gasteiger partial charge < -0.3 is 9.47 Å². The summed E-state index contributed by atoms with van der Waals surface area (Å²) in [7, 11) is 0. The standard InChI is InChI=1S/C20H14N4O8/c25-19(21-13-4-1-6-15(10-13)23(27)28)31-17-8-3-9-18(12-17)32-20(26)22-14-5-2-7-16(11-14)24(29)30/h1-12H,(H,21,25)(H,22,26). The molecule has 162 valence electrons. The van der Waals surface area contributed by atoms with E-state index in [1.54, 1.807) is 0 Å². The summed E-state index contributed by atoms with van der Waals surface area (Å²) in [4.78, 5) is 44.5. The van der Waals surface area contributed by atoms with Crippen LogP contribution in [0, 0.1) is 20.2 Å². The lowest BCUT2D eigenvalue weighted by atomic mass is 10.3. The molecule has 3 aromatic carbocycles. The molecule has 0 aliphatic heterocycles. The lowest BCUT2D eigenvalue weighted by Gasteiger charge is -2.09. The third-order valence-corrected chi connectivity index (χ3v) is 3.83. The van der Waals surface area contributed by atoms with Crippen LogP contribution in [0.5, 0.6) is 11.5 Å². The fourth-order valence-electron chi connectivity index (χ4n) is 2.50. The molecule has 2 N–H and O–H groups in total. The maximum atomic E-state index is 12.0. The summed E-state index contributed by atoms with van der Waals surface area (Å²) in [5.41, 5.74) is -0.0817. The van der Waals surface area contributed by atoms with Gasteiger partial charge in [-0.15, -0.1) is 0 Å². The SMILES string of the molecule is O=C(Nc1cccc([N+](=O)[O-])c1)Oc1cccc(OC(=O)Nc2cccc([N+](=O)[O-])c2)c1. The number of hydrogen-bond donors (Lipinski definition) is 2. The number of nitrogens with one attached hydrogen (secondary N) is 2. The highest BCUT2D eigenvalue weighted by Crippen LogP contribution is 2.22. The van der Waals surface area contributed by atoms with Gasteiger partial charge in [0.05, 0.1) is 21.2 Å². The van der Waals surface area contributed by atoms with Crippen LogP contribution in [0.4, 0.5) is 32.3 Å². The van der Waals surface area contributed by atoms with Crippen LogP contribution in [0.2, 0.25) is 0 Å². The fraction of sp³-hybridized carbons (Fsp3) is 0. The van der Waals surface area contributed by atoms with E-state index >= 15 is 0 Å². The Hall–Kier alpha value is -5.00. The molecule has 12 nitrogen and oxygen atoms in total. The molecule has 0 heterocycles. The topological polar surface area (TPSA) is 163 Å². The molecule has 0 fully saturated rings. The second-order valence-corrected chi connectivity index (χ2v) is 6.12. The van der Waals surface area contributed by atoms with E-state index in [1.165, 1.54) is 72.8 Å². The number of nitro groups is 2. The van der Waals surface area contributed by atoms with E-state index < -0.39 is 22.0 Å². The molecule has 0 aromatic heterocycles. The molecule has 3 rings (SSSR count). The highest BCUT2D eigenvalue weighted by atomic mass is 16.6. The van der Waals surface area contributed by atoms with Gasteiger partial charge in [0.15, 0.2) is 0 Å². The van der Waals surface area contributed by atoms with Gasteiger partial charge in [0.25, 0.3) is 11.4 Å². The largest absolute Gasteiger partial charge is 0.417 e. The van der Waals surface area contributed by atoms with Gasteiger partial charge in [0.1, 0.15) is 11.5 Å². The number of amides is 2. The summed E-state index contributed by atoms with van der Waals surface area (Å²) in [6.45, 7) is 0. The third kappa shape index (κ3) is 6.00. The van der Waals surface area contributed by atoms with Crippen molar-refractivity contribution in [2.24, 2.45) is 0 Å². The van der Waals surface area contributed by atoms with E-state index in [1.807, 2.05) is 0 Å². The third-order valence-electron chi connectivity index (χ3n) is 3.83. The van der Waals surface area contributed by atoms with Crippen LogP contribution in [0.25, 0.3) is 0 Å². The second-order valence-electron chi connectivity index (χ2n) is 6.12. The Balaban J connectivity index is 1.60. The highest BCUT2D eigenvalue weighted by molar-refractivity contribution is 5.88. The molecular weight excluding hydrogens is 424 g/mol. The zero-order valence-corrected chi connectivity index (χ0v) is 16.1. The Morgan fingerprint density at radius 2 is 1.06 bits per heavy atom. The van der Waals surface area contributed by atoms with E-state index in [0.717, 1.165) is 0 Å². The molecule has 0 saturated carbocycles. The van der Waals surface area contributed by atoms with Crippen LogP contribution in [0.15, 0.2) is 72.8 Å². The molecule has 0 saturated heterocycles. The van der Waals surface area contributed by atoms with Gasteiger partial charge in [0, 0.05) is 30.3 Å². The van der Waals surface area contributed by atoms with Gasteiger partial charge in [-0.3, -0.25) is 30.9 Å². The predicted molar refractivity (Wildman–Crippen MR) is 112 cm³/mol. The number of ether oxygens (including phenoxy) is 2. The molecule has 0 aliphatic carbocycles. The normalized spacial score (nSPS) is 10.0. The molecule has 0 atom stereocenters. The summed E-state index contributed by atoms with van der Waals surface area (Å²) in [5, 5.41) is 26.3. The average molecular weight is 438 g/mol. The van der Waals surface area contributed by atoms with Crippen LogP contribution in [-0.2, 0) is 0 Å². The Kier molecular flexibility index (Phi) is 6.56. The van der Waals surface area contributed by atoms with E-state index in [9.17, 15) is 29.8 Å². The van der Waals surface area contributed by atoms with Gasteiger partial charge in [-0.25, -0.2) is 9.59 Å². The first kappa shape index (κ1) is 21.7. The summed E-state index contributed by atoms with van der Waals surface area (Å²) in [5.74, 6) is 0.0714. The van der Waals surface area contributed by atoms with E-state index in [4.69, 9.17) is 9.47 Å². The monoisotopic (exact) mass is 438 g/mol. The summed E-state index contributed by atoms with van der Waals surface area (Å²) >= 11 is 0. The van der Waals surface area contributed by atoms with Crippen LogP contribution >= 0.6 is 0 Å². The molecule has 2 amide bonds. The number of nitrogens with zero attached hydrogens (tertiary/aromatic N) is 2.